The molecule has 102 valence electrons. The average molecular weight is 258 g/mol. The Morgan fingerprint density at radius 1 is 1.32 bits per heavy atom. The molecular formula is C16H22N2O. The lowest BCUT2D eigenvalue weighted by Gasteiger charge is -2.13. The van der Waals surface area contributed by atoms with Gasteiger partial charge in [-0.05, 0) is 31.9 Å². The van der Waals surface area contributed by atoms with Gasteiger partial charge in [0, 0.05) is 30.2 Å². The summed E-state index contributed by atoms with van der Waals surface area (Å²) in [5.74, 6) is 0.381. The quantitative estimate of drug-likeness (QED) is 0.882. The molecule has 0 saturated heterocycles. The van der Waals surface area contributed by atoms with Crippen molar-refractivity contribution in [1.29, 1.82) is 0 Å². The lowest BCUT2D eigenvalue weighted by Crippen LogP contribution is -2.26. The highest BCUT2D eigenvalue weighted by Gasteiger charge is 2.16. The van der Waals surface area contributed by atoms with Crippen molar-refractivity contribution in [3.63, 3.8) is 0 Å². The van der Waals surface area contributed by atoms with Crippen LogP contribution in [0.2, 0.25) is 0 Å². The van der Waals surface area contributed by atoms with Gasteiger partial charge < -0.3 is 15.0 Å². The van der Waals surface area contributed by atoms with Gasteiger partial charge in [-0.3, -0.25) is 0 Å². The Labute approximate surface area is 114 Å². The number of fused-ring (bicyclic) bond motifs is 1. The summed E-state index contributed by atoms with van der Waals surface area (Å²) in [7, 11) is 0. The molecule has 3 rings (SSSR count). The Kier molecular flexibility index (Phi) is 3.47. The van der Waals surface area contributed by atoms with Crippen molar-refractivity contribution in [3.05, 3.63) is 30.0 Å². The molecule has 0 unspecified atom stereocenters. The Hall–Kier alpha value is -1.48. The first-order valence-corrected chi connectivity index (χ1v) is 7.33. The second-order valence-corrected chi connectivity index (χ2v) is 5.46. The van der Waals surface area contributed by atoms with E-state index in [2.05, 4.69) is 28.9 Å². The molecule has 0 amide bonds. The van der Waals surface area contributed by atoms with Gasteiger partial charge >= 0.3 is 0 Å². The molecule has 2 aromatic rings. The molecule has 1 aliphatic carbocycles. The van der Waals surface area contributed by atoms with Crippen LogP contribution >= 0.6 is 0 Å². The lowest BCUT2D eigenvalue weighted by molar-refractivity contribution is 0.475. The van der Waals surface area contributed by atoms with Crippen LogP contribution in [0.3, 0.4) is 0 Å². The molecule has 1 fully saturated rings. The molecule has 3 nitrogen and oxygen atoms in total. The maximum atomic E-state index is 10.0. The Morgan fingerprint density at radius 3 is 2.84 bits per heavy atom. The molecule has 0 radical (unpaired) electrons. The Balaban J connectivity index is 1.87. The van der Waals surface area contributed by atoms with Crippen LogP contribution in [0.25, 0.3) is 10.9 Å². The number of aryl methyl sites for hydroxylation is 1. The van der Waals surface area contributed by atoms with Crippen molar-refractivity contribution in [2.24, 2.45) is 0 Å². The van der Waals surface area contributed by atoms with Gasteiger partial charge in [0.25, 0.3) is 0 Å². The normalized spacial score (nSPS) is 16.5. The number of aromatic nitrogens is 1. The van der Waals surface area contributed by atoms with Crippen LogP contribution in [0.5, 0.6) is 5.75 Å². The molecule has 2 N–H and O–H groups in total. The maximum Gasteiger partial charge on any atom is 0.139 e. The predicted octanol–water partition coefficient (Wildman–Crippen LogP) is 3.40. The Bertz CT molecular complexity index is 567. The highest BCUT2D eigenvalue weighted by Crippen LogP contribution is 2.28. The van der Waals surface area contributed by atoms with Crippen LogP contribution in [-0.4, -0.2) is 15.7 Å². The van der Waals surface area contributed by atoms with E-state index in [-0.39, 0.29) is 0 Å². The molecule has 1 saturated carbocycles. The second-order valence-electron chi connectivity index (χ2n) is 5.46. The minimum absolute atomic E-state index is 0.381. The summed E-state index contributed by atoms with van der Waals surface area (Å²) in [5, 5.41) is 14.8. The van der Waals surface area contributed by atoms with E-state index in [1.807, 2.05) is 6.07 Å². The van der Waals surface area contributed by atoms with Gasteiger partial charge in [-0.1, -0.05) is 25.0 Å². The molecule has 0 atom stereocenters. The SMILES string of the molecule is CCn1c(CNC2CCCC2)cc2cccc(O)c21. The van der Waals surface area contributed by atoms with Gasteiger partial charge in [0.05, 0.1) is 5.52 Å². The molecule has 1 aliphatic rings. The molecule has 1 aromatic carbocycles. The number of nitrogens with one attached hydrogen (secondary N) is 1. The van der Waals surface area contributed by atoms with E-state index in [4.69, 9.17) is 0 Å². The van der Waals surface area contributed by atoms with E-state index in [0.29, 0.717) is 11.8 Å². The first-order chi connectivity index (χ1) is 9.29. The van der Waals surface area contributed by atoms with Crippen molar-refractivity contribution in [1.82, 2.24) is 9.88 Å². The lowest BCUT2D eigenvalue weighted by atomic mass is 10.2. The first kappa shape index (κ1) is 12.5. The zero-order valence-electron chi connectivity index (χ0n) is 11.5. The number of hydrogen-bond donors (Lipinski definition) is 2. The summed E-state index contributed by atoms with van der Waals surface area (Å²) in [4.78, 5) is 0. The number of phenolic OH excluding ortho intramolecular Hbond substituents is 1. The minimum atomic E-state index is 0.381. The van der Waals surface area contributed by atoms with Crippen LogP contribution in [0.15, 0.2) is 24.3 Å². The molecule has 0 aliphatic heterocycles. The van der Waals surface area contributed by atoms with Gasteiger partial charge in [0.1, 0.15) is 5.75 Å². The Morgan fingerprint density at radius 2 is 2.11 bits per heavy atom. The van der Waals surface area contributed by atoms with Gasteiger partial charge in [-0.15, -0.1) is 0 Å². The number of hydrogen-bond acceptors (Lipinski definition) is 2. The number of benzene rings is 1. The number of nitrogens with zero attached hydrogens (tertiary/aromatic N) is 1. The predicted molar refractivity (Wildman–Crippen MR) is 78.4 cm³/mol. The fourth-order valence-corrected chi connectivity index (χ4v) is 3.25. The third kappa shape index (κ3) is 2.35. The first-order valence-electron chi connectivity index (χ1n) is 7.33. The third-order valence-corrected chi connectivity index (χ3v) is 4.23. The molecule has 3 heteroatoms. The molecule has 19 heavy (non-hydrogen) atoms. The van der Waals surface area contributed by atoms with E-state index in [1.54, 1.807) is 6.07 Å². The van der Waals surface area contributed by atoms with Crippen LogP contribution in [0.1, 0.15) is 38.3 Å². The third-order valence-electron chi connectivity index (χ3n) is 4.23. The zero-order valence-corrected chi connectivity index (χ0v) is 11.5. The number of aromatic hydroxyl groups is 1. The van der Waals surface area contributed by atoms with Crippen LogP contribution in [0.4, 0.5) is 0 Å². The van der Waals surface area contributed by atoms with Gasteiger partial charge in [0.2, 0.25) is 0 Å². The van der Waals surface area contributed by atoms with Gasteiger partial charge in [-0.2, -0.15) is 0 Å². The zero-order chi connectivity index (χ0) is 13.2. The fraction of sp³-hybridized carbons (Fsp3) is 0.500. The summed E-state index contributed by atoms with van der Waals surface area (Å²) in [5.41, 5.74) is 2.24. The highest BCUT2D eigenvalue weighted by molar-refractivity contribution is 5.86. The summed E-state index contributed by atoms with van der Waals surface area (Å²) in [6.07, 6.45) is 5.32. The van der Waals surface area contributed by atoms with Crippen LogP contribution < -0.4 is 5.32 Å². The topological polar surface area (TPSA) is 37.2 Å². The van der Waals surface area contributed by atoms with Crippen molar-refractivity contribution in [2.75, 3.05) is 0 Å². The summed E-state index contributed by atoms with van der Waals surface area (Å²) in [6, 6.07) is 8.62. The average Bonchev–Trinajstić information content (AvgIpc) is 3.03. The molecule has 1 aromatic heterocycles. The van der Waals surface area contributed by atoms with E-state index in [0.717, 1.165) is 24.0 Å². The monoisotopic (exact) mass is 258 g/mol. The van der Waals surface area contributed by atoms with E-state index < -0.39 is 0 Å². The van der Waals surface area contributed by atoms with Crippen molar-refractivity contribution in [2.45, 2.75) is 51.7 Å². The fourth-order valence-electron chi connectivity index (χ4n) is 3.25. The second kappa shape index (κ2) is 5.25. The smallest absolute Gasteiger partial charge is 0.139 e. The van der Waals surface area contributed by atoms with E-state index >= 15 is 0 Å². The van der Waals surface area contributed by atoms with Crippen molar-refractivity contribution < 1.29 is 5.11 Å². The molecule has 0 spiro atoms. The number of rotatable bonds is 4. The highest BCUT2D eigenvalue weighted by atomic mass is 16.3. The molecule has 0 bridgehead atoms. The molecule has 1 heterocycles. The summed E-state index contributed by atoms with van der Waals surface area (Å²) in [6.45, 7) is 3.92. The van der Waals surface area contributed by atoms with Crippen LogP contribution in [0, 0.1) is 0 Å². The largest absolute Gasteiger partial charge is 0.506 e. The van der Waals surface area contributed by atoms with E-state index in [1.165, 1.54) is 31.4 Å². The van der Waals surface area contributed by atoms with Crippen molar-refractivity contribution >= 4 is 10.9 Å². The summed E-state index contributed by atoms with van der Waals surface area (Å²) >= 11 is 0. The maximum absolute atomic E-state index is 10.0. The standard InChI is InChI=1S/C16H22N2O/c1-2-18-14(11-17-13-7-3-4-8-13)10-12-6-5-9-15(19)16(12)18/h5-6,9-10,13,17,19H,2-4,7-8,11H2,1H3. The number of phenols is 1. The minimum Gasteiger partial charge on any atom is -0.506 e. The van der Waals surface area contributed by atoms with Crippen molar-refractivity contribution in [3.8, 4) is 5.75 Å². The van der Waals surface area contributed by atoms with Gasteiger partial charge in [0.15, 0.2) is 0 Å². The number of para-hydroxylation sites is 1. The van der Waals surface area contributed by atoms with E-state index in [9.17, 15) is 5.11 Å². The molecular weight excluding hydrogens is 236 g/mol. The van der Waals surface area contributed by atoms with Gasteiger partial charge in [-0.25, -0.2) is 0 Å². The summed E-state index contributed by atoms with van der Waals surface area (Å²) < 4.78 is 2.21. The van der Waals surface area contributed by atoms with Crippen LogP contribution in [-0.2, 0) is 13.1 Å².